The van der Waals surface area contributed by atoms with Crippen molar-refractivity contribution in [1.82, 2.24) is 10.6 Å². The quantitative estimate of drug-likeness (QED) is 0.267. The zero-order valence-corrected chi connectivity index (χ0v) is 17.1. The molecule has 0 saturated carbocycles. The van der Waals surface area contributed by atoms with Gasteiger partial charge in [-0.3, -0.25) is 9.79 Å². The lowest BCUT2D eigenvalue weighted by molar-refractivity contribution is -0.274. The van der Waals surface area contributed by atoms with Gasteiger partial charge in [0, 0.05) is 25.7 Å². The van der Waals surface area contributed by atoms with E-state index in [2.05, 4.69) is 20.4 Å². The van der Waals surface area contributed by atoms with Gasteiger partial charge < -0.3 is 20.1 Å². The molecular weight excluding hydrogens is 466 g/mol. The van der Waals surface area contributed by atoms with Gasteiger partial charge in [-0.05, 0) is 19.9 Å². The summed E-state index contributed by atoms with van der Waals surface area (Å²) in [6.07, 6.45) is -4.80. The van der Waals surface area contributed by atoms with Crippen LogP contribution in [0, 0.1) is 0 Å². The lowest BCUT2D eigenvalue weighted by Crippen LogP contribution is -2.38. The molecule has 2 N–H and O–H groups in total. The van der Waals surface area contributed by atoms with Crippen molar-refractivity contribution in [2.75, 3.05) is 13.6 Å². The van der Waals surface area contributed by atoms with E-state index in [-0.39, 0.29) is 61.3 Å². The van der Waals surface area contributed by atoms with Gasteiger partial charge in [-0.15, -0.1) is 37.1 Å². The van der Waals surface area contributed by atoms with E-state index in [1.165, 1.54) is 25.2 Å². The first kappa shape index (κ1) is 24.3. The van der Waals surface area contributed by atoms with Crippen molar-refractivity contribution in [3.05, 3.63) is 29.8 Å². The van der Waals surface area contributed by atoms with E-state index in [0.717, 1.165) is 0 Å². The first-order valence-electron chi connectivity index (χ1n) is 7.69. The first-order valence-corrected chi connectivity index (χ1v) is 7.69. The van der Waals surface area contributed by atoms with Crippen molar-refractivity contribution >= 4 is 35.9 Å². The molecule has 1 rings (SSSR count). The molecule has 0 aliphatic heterocycles. The third kappa shape index (κ3) is 10.3. The third-order valence-electron chi connectivity index (χ3n) is 2.86. The van der Waals surface area contributed by atoms with Gasteiger partial charge in [0.2, 0.25) is 0 Å². The zero-order valence-electron chi connectivity index (χ0n) is 14.7. The van der Waals surface area contributed by atoms with Crippen LogP contribution in [0.25, 0.3) is 0 Å². The molecule has 0 unspecified atom stereocenters. The van der Waals surface area contributed by atoms with Crippen molar-refractivity contribution in [1.29, 1.82) is 0 Å². The van der Waals surface area contributed by atoms with E-state index in [1.54, 1.807) is 19.9 Å². The van der Waals surface area contributed by atoms with Crippen LogP contribution in [0.5, 0.6) is 5.75 Å². The summed E-state index contributed by atoms with van der Waals surface area (Å²) in [6.45, 7) is 3.87. The number of carbonyl (C=O) groups is 1. The fraction of sp³-hybridized carbons (Fsp3) is 0.500. The summed E-state index contributed by atoms with van der Waals surface area (Å²) in [6, 6.07) is 5.82. The van der Waals surface area contributed by atoms with Gasteiger partial charge in [-0.2, -0.15) is 0 Å². The maximum Gasteiger partial charge on any atom is 0.573 e. The second-order valence-corrected chi connectivity index (χ2v) is 5.30. The van der Waals surface area contributed by atoms with Crippen LogP contribution in [-0.2, 0) is 16.1 Å². The molecule has 0 fully saturated rings. The Kier molecular flexibility index (Phi) is 11.0. The van der Waals surface area contributed by atoms with Crippen LogP contribution in [0.3, 0.4) is 0 Å². The molecule has 0 bridgehead atoms. The molecule has 10 heteroatoms. The SMILES string of the molecule is CN=C(NCCC(=O)OC(C)C)NCc1ccccc1OC(F)(F)F.I. The molecular formula is C16H23F3IN3O3. The predicted octanol–water partition coefficient (Wildman–Crippen LogP) is 3.21. The van der Waals surface area contributed by atoms with E-state index in [4.69, 9.17) is 4.74 Å². The Labute approximate surface area is 167 Å². The Morgan fingerprint density at radius 1 is 1.23 bits per heavy atom. The van der Waals surface area contributed by atoms with Gasteiger partial charge in [0.15, 0.2) is 5.96 Å². The van der Waals surface area contributed by atoms with Crippen LogP contribution in [-0.4, -0.2) is 38.0 Å². The summed E-state index contributed by atoms with van der Waals surface area (Å²) in [5, 5.41) is 5.75. The number of hydrogen-bond acceptors (Lipinski definition) is 4. The van der Waals surface area contributed by atoms with Gasteiger partial charge in [0.05, 0.1) is 12.5 Å². The van der Waals surface area contributed by atoms with Crippen LogP contribution in [0.2, 0.25) is 0 Å². The average molecular weight is 489 g/mol. The Hall–Kier alpha value is -1.72. The van der Waals surface area contributed by atoms with Gasteiger partial charge in [0.25, 0.3) is 0 Å². The molecule has 0 atom stereocenters. The number of aliphatic imine (C=N–C) groups is 1. The Balaban J connectivity index is 0.00000625. The molecule has 0 radical (unpaired) electrons. The van der Waals surface area contributed by atoms with E-state index in [1.807, 2.05) is 0 Å². The minimum atomic E-state index is -4.76. The number of hydrogen-bond donors (Lipinski definition) is 2. The molecule has 0 aliphatic carbocycles. The Morgan fingerprint density at radius 2 is 1.88 bits per heavy atom. The van der Waals surface area contributed by atoms with E-state index >= 15 is 0 Å². The zero-order chi connectivity index (χ0) is 18.9. The summed E-state index contributed by atoms with van der Waals surface area (Å²) >= 11 is 0. The number of nitrogens with zero attached hydrogens (tertiary/aromatic N) is 1. The van der Waals surface area contributed by atoms with Gasteiger partial charge >= 0.3 is 12.3 Å². The van der Waals surface area contributed by atoms with Crippen molar-refractivity contribution < 1.29 is 27.4 Å². The third-order valence-corrected chi connectivity index (χ3v) is 2.86. The Morgan fingerprint density at radius 3 is 2.46 bits per heavy atom. The molecule has 0 saturated heterocycles. The number of rotatable bonds is 7. The number of para-hydroxylation sites is 1. The molecule has 148 valence electrons. The molecule has 0 spiro atoms. The number of esters is 1. The summed E-state index contributed by atoms with van der Waals surface area (Å²) in [4.78, 5) is 15.4. The summed E-state index contributed by atoms with van der Waals surface area (Å²) in [5.74, 6) is -0.278. The standard InChI is InChI=1S/C16H22F3N3O3.HI/c1-11(2)24-14(23)8-9-21-15(20-3)22-10-12-6-4-5-7-13(12)25-16(17,18)19;/h4-7,11H,8-10H2,1-3H3,(H2,20,21,22);1H. The minimum absolute atomic E-state index is 0. The number of benzene rings is 1. The maximum atomic E-state index is 12.4. The van der Waals surface area contributed by atoms with Crippen molar-refractivity contribution in [2.24, 2.45) is 4.99 Å². The molecule has 0 amide bonds. The number of guanidine groups is 1. The summed E-state index contributed by atoms with van der Waals surface area (Å²) in [5.41, 5.74) is 0.321. The minimum Gasteiger partial charge on any atom is -0.463 e. The topological polar surface area (TPSA) is 72.0 Å². The van der Waals surface area contributed by atoms with E-state index in [0.29, 0.717) is 11.5 Å². The highest BCUT2D eigenvalue weighted by Gasteiger charge is 2.31. The van der Waals surface area contributed by atoms with Gasteiger partial charge in [-0.25, -0.2) is 0 Å². The predicted molar refractivity (Wildman–Crippen MR) is 103 cm³/mol. The van der Waals surface area contributed by atoms with Crippen LogP contribution in [0.15, 0.2) is 29.3 Å². The van der Waals surface area contributed by atoms with Crippen molar-refractivity contribution in [3.8, 4) is 5.75 Å². The second kappa shape index (κ2) is 11.8. The number of halogens is 4. The van der Waals surface area contributed by atoms with E-state index in [9.17, 15) is 18.0 Å². The highest BCUT2D eigenvalue weighted by atomic mass is 127. The molecule has 26 heavy (non-hydrogen) atoms. The largest absolute Gasteiger partial charge is 0.573 e. The number of carbonyl (C=O) groups excluding carboxylic acids is 1. The maximum absolute atomic E-state index is 12.4. The Bertz CT molecular complexity index is 596. The number of ether oxygens (including phenoxy) is 2. The summed E-state index contributed by atoms with van der Waals surface area (Å²) < 4.78 is 46.2. The first-order chi connectivity index (χ1) is 11.7. The fourth-order valence-electron chi connectivity index (χ4n) is 1.88. The molecule has 6 nitrogen and oxygen atoms in total. The lowest BCUT2D eigenvalue weighted by Gasteiger charge is -2.15. The molecule has 1 aromatic carbocycles. The van der Waals surface area contributed by atoms with Gasteiger partial charge in [0.1, 0.15) is 5.75 Å². The van der Waals surface area contributed by atoms with Gasteiger partial charge in [-0.1, -0.05) is 18.2 Å². The van der Waals surface area contributed by atoms with Crippen LogP contribution >= 0.6 is 24.0 Å². The van der Waals surface area contributed by atoms with Crippen LogP contribution in [0.1, 0.15) is 25.8 Å². The second-order valence-electron chi connectivity index (χ2n) is 5.30. The van der Waals surface area contributed by atoms with E-state index < -0.39 is 6.36 Å². The highest BCUT2D eigenvalue weighted by Crippen LogP contribution is 2.25. The molecule has 0 aliphatic rings. The fourth-order valence-corrected chi connectivity index (χ4v) is 1.88. The number of nitrogens with one attached hydrogen (secondary N) is 2. The molecule has 0 heterocycles. The smallest absolute Gasteiger partial charge is 0.463 e. The molecule has 1 aromatic rings. The highest BCUT2D eigenvalue weighted by molar-refractivity contribution is 14.0. The normalized spacial score (nSPS) is 11.6. The monoisotopic (exact) mass is 489 g/mol. The summed E-state index contributed by atoms with van der Waals surface area (Å²) in [7, 11) is 1.51. The van der Waals surface area contributed by atoms with Crippen LogP contribution < -0.4 is 15.4 Å². The van der Waals surface area contributed by atoms with Crippen molar-refractivity contribution in [2.45, 2.75) is 39.3 Å². The van der Waals surface area contributed by atoms with Crippen molar-refractivity contribution in [3.63, 3.8) is 0 Å². The average Bonchev–Trinajstić information content (AvgIpc) is 2.49. The van der Waals surface area contributed by atoms with Crippen LogP contribution in [0.4, 0.5) is 13.2 Å². The number of alkyl halides is 3. The lowest BCUT2D eigenvalue weighted by atomic mass is 10.2. The molecule has 0 aromatic heterocycles.